The minimum absolute atomic E-state index is 0.140. The lowest BCUT2D eigenvalue weighted by atomic mass is 10.2. The van der Waals surface area contributed by atoms with Crippen molar-refractivity contribution in [2.24, 2.45) is 7.05 Å². The molecule has 0 saturated heterocycles. The first-order valence-electron chi connectivity index (χ1n) is 7.98. The molecular formula is C18H21N5O2. The van der Waals surface area contributed by atoms with E-state index in [1.54, 1.807) is 39.8 Å². The minimum atomic E-state index is -0.140. The molecule has 0 fully saturated rings. The molecule has 3 aromatic rings. The fourth-order valence-corrected chi connectivity index (χ4v) is 2.50. The van der Waals surface area contributed by atoms with Crippen molar-refractivity contribution in [3.05, 3.63) is 65.7 Å². The molecule has 7 nitrogen and oxygen atoms in total. The average molecular weight is 339 g/mol. The number of hydrogen-bond acceptors (Lipinski definition) is 4. The molecule has 3 rings (SSSR count). The molecule has 0 bridgehead atoms. The third kappa shape index (κ3) is 4.06. The number of rotatable bonds is 6. The molecule has 0 aliphatic heterocycles. The summed E-state index contributed by atoms with van der Waals surface area (Å²) in [5.74, 6) is 0.665. The van der Waals surface area contributed by atoms with Crippen molar-refractivity contribution >= 4 is 5.91 Å². The van der Waals surface area contributed by atoms with E-state index < -0.39 is 0 Å². The van der Waals surface area contributed by atoms with Crippen LogP contribution in [0.2, 0.25) is 0 Å². The van der Waals surface area contributed by atoms with Crippen molar-refractivity contribution in [1.82, 2.24) is 24.5 Å². The predicted molar refractivity (Wildman–Crippen MR) is 93.0 cm³/mol. The molecule has 0 unspecified atom stereocenters. The van der Waals surface area contributed by atoms with Crippen molar-refractivity contribution in [2.75, 3.05) is 7.05 Å². The van der Waals surface area contributed by atoms with E-state index in [1.165, 1.54) is 0 Å². The van der Waals surface area contributed by atoms with Crippen LogP contribution in [0.5, 0.6) is 5.75 Å². The summed E-state index contributed by atoms with van der Waals surface area (Å²) < 4.78 is 9.06. The van der Waals surface area contributed by atoms with E-state index in [0.717, 1.165) is 16.9 Å². The fraction of sp³-hybridized carbons (Fsp3) is 0.278. The van der Waals surface area contributed by atoms with Gasteiger partial charge in [0.2, 0.25) is 0 Å². The summed E-state index contributed by atoms with van der Waals surface area (Å²) in [6.07, 6.45) is 5.38. The van der Waals surface area contributed by atoms with Gasteiger partial charge in [0, 0.05) is 38.6 Å². The average Bonchev–Trinajstić information content (AvgIpc) is 3.22. The second-order valence-corrected chi connectivity index (χ2v) is 5.96. The molecular weight excluding hydrogens is 318 g/mol. The van der Waals surface area contributed by atoms with Crippen LogP contribution in [-0.2, 0) is 20.3 Å². The van der Waals surface area contributed by atoms with Crippen molar-refractivity contribution in [3.63, 3.8) is 0 Å². The number of hydrogen-bond donors (Lipinski definition) is 0. The molecule has 0 aliphatic carbocycles. The van der Waals surface area contributed by atoms with Crippen LogP contribution >= 0.6 is 0 Å². The number of carbonyl (C=O) groups excluding carboxylic acids is 1. The second-order valence-electron chi connectivity index (χ2n) is 5.96. The number of amides is 1. The Balaban J connectivity index is 1.60. The zero-order valence-corrected chi connectivity index (χ0v) is 14.6. The van der Waals surface area contributed by atoms with Gasteiger partial charge in [-0.25, -0.2) is 4.68 Å². The van der Waals surface area contributed by atoms with Crippen molar-refractivity contribution in [1.29, 1.82) is 0 Å². The highest BCUT2D eigenvalue weighted by Crippen LogP contribution is 2.16. The number of para-hydroxylation sites is 1. The number of aryl methyl sites for hydroxylation is 2. The van der Waals surface area contributed by atoms with Crippen LogP contribution in [0.3, 0.4) is 0 Å². The van der Waals surface area contributed by atoms with Gasteiger partial charge in [-0.2, -0.15) is 10.2 Å². The molecule has 0 aliphatic rings. The van der Waals surface area contributed by atoms with Gasteiger partial charge in [0.25, 0.3) is 5.91 Å². The van der Waals surface area contributed by atoms with Gasteiger partial charge in [-0.15, -0.1) is 0 Å². The highest BCUT2D eigenvalue weighted by Gasteiger charge is 2.15. The van der Waals surface area contributed by atoms with Crippen LogP contribution in [-0.4, -0.2) is 37.4 Å². The topological polar surface area (TPSA) is 65.2 Å². The van der Waals surface area contributed by atoms with E-state index in [9.17, 15) is 4.79 Å². The first-order chi connectivity index (χ1) is 12.0. The monoisotopic (exact) mass is 339 g/mol. The van der Waals surface area contributed by atoms with E-state index >= 15 is 0 Å². The number of benzene rings is 1. The predicted octanol–water partition coefficient (Wildman–Crippen LogP) is 2.23. The Kier molecular flexibility index (Phi) is 4.83. The summed E-state index contributed by atoms with van der Waals surface area (Å²) in [5.41, 5.74) is 2.42. The highest BCUT2D eigenvalue weighted by molar-refractivity contribution is 5.91. The number of ether oxygens (including phenoxy) is 1. The molecule has 0 spiro atoms. The number of aromatic nitrogens is 4. The van der Waals surface area contributed by atoms with Crippen LogP contribution in [0.4, 0.5) is 0 Å². The minimum Gasteiger partial charge on any atom is -0.471 e. The molecule has 0 radical (unpaired) electrons. The van der Waals surface area contributed by atoms with Gasteiger partial charge < -0.3 is 9.64 Å². The zero-order chi connectivity index (χ0) is 17.8. The molecule has 0 saturated carbocycles. The number of nitrogens with zero attached hydrogens (tertiary/aromatic N) is 5. The van der Waals surface area contributed by atoms with Crippen LogP contribution in [0.1, 0.15) is 21.6 Å². The molecule has 2 heterocycles. The maximum Gasteiger partial charge on any atom is 0.274 e. The molecule has 0 N–H and O–H groups in total. The Bertz CT molecular complexity index is 868. The summed E-state index contributed by atoms with van der Waals surface area (Å²) in [7, 11) is 3.60. The van der Waals surface area contributed by atoms with Gasteiger partial charge in [-0.3, -0.25) is 9.48 Å². The lowest BCUT2D eigenvalue weighted by Gasteiger charge is -2.14. The van der Waals surface area contributed by atoms with Crippen LogP contribution in [0.25, 0.3) is 0 Å². The summed E-state index contributed by atoms with van der Waals surface area (Å²) in [6.45, 7) is 2.73. The van der Waals surface area contributed by atoms with E-state index in [2.05, 4.69) is 10.2 Å². The highest BCUT2D eigenvalue weighted by atomic mass is 16.5. The lowest BCUT2D eigenvalue weighted by molar-refractivity contribution is 0.0777. The summed E-state index contributed by atoms with van der Waals surface area (Å²) in [6, 6.07) is 9.48. The van der Waals surface area contributed by atoms with Crippen LogP contribution < -0.4 is 4.74 Å². The van der Waals surface area contributed by atoms with Gasteiger partial charge in [-0.1, -0.05) is 18.2 Å². The molecule has 2 aromatic heterocycles. The SMILES string of the molecule is Cc1ccccc1OCn1ccc(C(=O)N(C)Cc2cnn(C)c2)n1. The van der Waals surface area contributed by atoms with E-state index in [4.69, 9.17) is 4.74 Å². The molecule has 7 heteroatoms. The quantitative estimate of drug-likeness (QED) is 0.691. The smallest absolute Gasteiger partial charge is 0.274 e. The van der Waals surface area contributed by atoms with Gasteiger partial charge in [-0.05, 0) is 24.6 Å². The zero-order valence-electron chi connectivity index (χ0n) is 14.6. The van der Waals surface area contributed by atoms with Crippen molar-refractivity contribution < 1.29 is 9.53 Å². The Morgan fingerprint density at radius 2 is 2.08 bits per heavy atom. The molecule has 25 heavy (non-hydrogen) atoms. The Morgan fingerprint density at radius 3 is 2.80 bits per heavy atom. The maximum atomic E-state index is 12.5. The van der Waals surface area contributed by atoms with E-state index in [1.807, 2.05) is 44.4 Å². The second kappa shape index (κ2) is 7.21. The molecule has 1 amide bonds. The number of carbonyl (C=O) groups is 1. The van der Waals surface area contributed by atoms with Crippen molar-refractivity contribution in [3.8, 4) is 5.75 Å². The Labute approximate surface area is 146 Å². The van der Waals surface area contributed by atoms with Gasteiger partial charge in [0.1, 0.15) is 5.75 Å². The van der Waals surface area contributed by atoms with Crippen LogP contribution in [0.15, 0.2) is 48.9 Å². The first-order valence-corrected chi connectivity index (χ1v) is 7.98. The third-order valence-electron chi connectivity index (χ3n) is 3.83. The Morgan fingerprint density at radius 1 is 1.28 bits per heavy atom. The fourth-order valence-electron chi connectivity index (χ4n) is 2.50. The summed E-state index contributed by atoms with van der Waals surface area (Å²) >= 11 is 0. The normalized spacial score (nSPS) is 10.7. The van der Waals surface area contributed by atoms with Gasteiger partial charge >= 0.3 is 0 Å². The van der Waals surface area contributed by atoms with E-state index in [-0.39, 0.29) is 12.6 Å². The van der Waals surface area contributed by atoms with Gasteiger partial charge in [0.15, 0.2) is 12.4 Å². The summed E-state index contributed by atoms with van der Waals surface area (Å²) in [5, 5.41) is 8.41. The van der Waals surface area contributed by atoms with Crippen LogP contribution in [0, 0.1) is 6.92 Å². The lowest BCUT2D eigenvalue weighted by Crippen LogP contribution is -2.26. The molecule has 1 aromatic carbocycles. The molecule has 0 atom stereocenters. The van der Waals surface area contributed by atoms with Gasteiger partial charge in [0.05, 0.1) is 6.20 Å². The molecule has 130 valence electrons. The van der Waals surface area contributed by atoms with Crippen molar-refractivity contribution in [2.45, 2.75) is 20.2 Å². The maximum absolute atomic E-state index is 12.5. The standard InChI is InChI=1S/C18H21N5O2/c1-14-6-4-5-7-17(14)25-13-23-9-8-16(20-23)18(24)21(2)11-15-10-19-22(3)12-15/h4-10,12H,11,13H2,1-3H3. The van der Waals surface area contributed by atoms with E-state index in [0.29, 0.717) is 12.2 Å². The third-order valence-corrected chi connectivity index (χ3v) is 3.83. The Hall–Kier alpha value is -3.09. The summed E-state index contributed by atoms with van der Waals surface area (Å²) in [4.78, 5) is 14.1. The first kappa shape index (κ1) is 16.8. The largest absolute Gasteiger partial charge is 0.471 e.